The lowest BCUT2D eigenvalue weighted by Crippen LogP contribution is -2.37. The van der Waals surface area contributed by atoms with Gasteiger partial charge in [0.25, 0.3) is 0 Å². The van der Waals surface area contributed by atoms with E-state index in [2.05, 4.69) is 0 Å². The van der Waals surface area contributed by atoms with Crippen LogP contribution < -0.4 is 5.73 Å². The first-order valence-electron chi connectivity index (χ1n) is 7.52. The van der Waals surface area contributed by atoms with Gasteiger partial charge in [-0.05, 0) is 35.2 Å². The highest BCUT2D eigenvalue weighted by atomic mass is 16.3. The van der Waals surface area contributed by atoms with Gasteiger partial charge in [-0.2, -0.15) is 0 Å². The molecule has 0 aromatic heterocycles. The first-order valence-corrected chi connectivity index (χ1v) is 7.52. The Labute approximate surface area is 130 Å². The molecule has 1 aliphatic heterocycles. The zero-order chi connectivity index (χ0) is 15.5. The first kappa shape index (κ1) is 14.6. The molecule has 4 heteroatoms. The molecule has 2 aromatic rings. The number of nitrogens with two attached hydrogens (primary N) is 1. The molecule has 22 heavy (non-hydrogen) atoms. The lowest BCUT2D eigenvalue weighted by atomic mass is 9.98. The van der Waals surface area contributed by atoms with Gasteiger partial charge in [-0.3, -0.25) is 4.79 Å². The number of phenols is 1. The molecule has 1 aliphatic rings. The van der Waals surface area contributed by atoms with E-state index in [9.17, 15) is 9.90 Å². The van der Waals surface area contributed by atoms with Crippen LogP contribution in [0.25, 0.3) is 0 Å². The summed E-state index contributed by atoms with van der Waals surface area (Å²) in [5.41, 5.74) is 9.35. The number of nitrogens with zero attached hydrogens (tertiary/aromatic N) is 1. The van der Waals surface area contributed by atoms with E-state index >= 15 is 0 Å². The number of benzene rings is 2. The lowest BCUT2D eigenvalue weighted by Gasteiger charge is -2.30. The summed E-state index contributed by atoms with van der Waals surface area (Å²) in [5, 5.41) is 9.51. The fourth-order valence-electron chi connectivity index (χ4n) is 2.89. The average Bonchev–Trinajstić information content (AvgIpc) is 2.55. The number of carbonyl (C=O) groups excluding carboxylic acids is 1. The van der Waals surface area contributed by atoms with E-state index in [1.54, 1.807) is 12.1 Å². The van der Waals surface area contributed by atoms with Crippen LogP contribution in [0.15, 0.2) is 48.5 Å². The summed E-state index contributed by atoms with van der Waals surface area (Å²) in [6.07, 6.45) is 1.09. The summed E-state index contributed by atoms with van der Waals surface area (Å²) in [6.45, 7) is 1.27. The predicted molar refractivity (Wildman–Crippen MR) is 85.2 cm³/mol. The Morgan fingerprint density at radius 3 is 2.73 bits per heavy atom. The van der Waals surface area contributed by atoms with Crippen molar-refractivity contribution >= 4 is 5.91 Å². The standard InChI is InChI=1S/C18H20N2O2/c19-17(13-4-2-1-3-5-13)11-18(22)20-9-8-14-10-16(21)7-6-15(14)12-20/h1-7,10,17,21H,8-9,11-12,19H2. The number of rotatable bonds is 3. The molecule has 1 atom stereocenters. The fourth-order valence-corrected chi connectivity index (χ4v) is 2.89. The van der Waals surface area contributed by atoms with Crippen molar-refractivity contribution in [1.29, 1.82) is 0 Å². The molecule has 1 unspecified atom stereocenters. The van der Waals surface area contributed by atoms with Gasteiger partial charge in [-0.1, -0.05) is 36.4 Å². The van der Waals surface area contributed by atoms with Crippen molar-refractivity contribution in [2.45, 2.75) is 25.4 Å². The van der Waals surface area contributed by atoms with Gasteiger partial charge in [-0.25, -0.2) is 0 Å². The molecular weight excluding hydrogens is 276 g/mol. The van der Waals surface area contributed by atoms with Crippen LogP contribution in [-0.2, 0) is 17.8 Å². The normalized spacial score (nSPS) is 15.2. The summed E-state index contributed by atoms with van der Waals surface area (Å²) in [6, 6.07) is 14.8. The van der Waals surface area contributed by atoms with E-state index in [-0.39, 0.29) is 17.7 Å². The number of aromatic hydroxyl groups is 1. The van der Waals surface area contributed by atoms with Gasteiger partial charge in [0.1, 0.15) is 5.75 Å². The third kappa shape index (κ3) is 3.12. The van der Waals surface area contributed by atoms with Gasteiger partial charge in [0.05, 0.1) is 0 Å². The number of hydrogen-bond donors (Lipinski definition) is 2. The highest BCUT2D eigenvalue weighted by molar-refractivity contribution is 5.77. The van der Waals surface area contributed by atoms with Gasteiger partial charge >= 0.3 is 0 Å². The zero-order valence-corrected chi connectivity index (χ0v) is 12.4. The molecule has 3 N–H and O–H groups in total. The second kappa shape index (κ2) is 6.20. The molecule has 0 radical (unpaired) electrons. The molecule has 3 rings (SSSR count). The van der Waals surface area contributed by atoms with Crippen LogP contribution in [0.2, 0.25) is 0 Å². The average molecular weight is 296 g/mol. The Bertz CT molecular complexity index is 670. The molecule has 0 saturated heterocycles. The van der Waals surface area contributed by atoms with Crippen molar-refractivity contribution in [3.05, 3.63) is 65.2 Å². The van der Waals surface area contributed by atoms with E-state index in [4.69, 9.17) is 5.73 Å². The van der Waals surface area contributed by atoms with Crippen molar-refractivity contribution in [3.63, 3.8) is 0 Å². The smallest absolute Gasteiger partial charge is 0.224 e. The van der Waals surface area contributed by atoms with Gasteiger partial charge in [-0.15, -0.1) is 0 Å². The SMILES string of the molecule is NC(CC(=O)N1CCc2cc(O)ccc2C1)c1ccccc1. The van der Waals surface area contributed by atoms with E-state index in [0.29, 0.717) is 19.5 Å². The largest absolute Gasteiger partial charge is 0.508 e. The van der Waals surface area contributed by atoms with Crippen molar-refractivity contribution in [2.75, 3.05) is 6.54 Å². The van der Waals surface area contributed by atoms with Crippen molar-refractivity contribution in [2.24, 2.45) is 5.73 Å². The topological polar surface area (TPSA) is 66.6 Å². The quantitative estimate of drug-likeness (QED) is 0.914. The Balaban J connectivity index is 1.65. The third-order valence-corrected chi connectivity index (χ3v) is 4.18. The number of fused-ring (bicyclic) bond motifs is 1. The molecule has 1 heterocycles. The van der Waals surface area contributed by atoms with E-state index in [1.165, 1.54) is 0 Å². The van der Waals surface area contributed by atoms with Crippen molar-refractivity contribution < 1.29 is 9.90 Å². The Hall–Kier alpha value is -2.33. The van der Waals surface area contributed by atoms with Crippen molar-refractivity contribution in [1.82, 2.24) is 4.90 Å². The maximum Gasteiger partial charge on any atom is 0.224 e. The minimum atomic E-state index is -0.269. The molecule has 2 aromatic carbocycles. The zero-order valence-electron chi connectivity index (χ0n) is 12.4. The van der Waals surface area contributed by atoms with Crippen LogP contribution in [0.4, 0.5) is 0 Å². The molecule has 0 fully saturated rings. The summed E-state index contributed by atoms with van der Waals surface area (Å²) in [5.74, 6) is 0.361. The number of carbonyl (C=O) groups is 1. The highest BCUT2D eigenvalue weighted by Crippen LogP contribution is 2.24. The van der Waals surface area contributed by atoms with E-state index < -0.39 is 0 Å². The predicted octanol–water partition coefficient (Wildman–Crippen LogP) is 2.37. The van der Waals surface area contributed by atoms with Gasteiger partial charge < -0.3 is 15.7 Å². The minimum Gasteiger partial charge on any atom is -0.508 e. The molecule has 114 valence electrons. The lowest BCUT2D eigenvalue weighted by molar-refractivity contribution is -0.132. The Morgan fingerprint density at radius 2 is 1.95 bits per heavy atom. The van der Waals surface area contributed by atoms with Crippen LogP contribution in [0, 0.1) is 0 Å². The minimum absolute atomic E-state index is 0.0788. The monoisotopic (exact) mass is 296 g/mol. The van der Waals surface area contributed by atoms with Crippen LogP contribution in [0.3, 0.4) is 0 Å². The van der Waals surface area contributed by atoms with Crippen LogP contribution in [-0.4, -0.2) is 22.5 Å². The van der Waals surface area contributed by atoms with Crippen LogP contribution in [0.5, 0.6) is 5.75 Å². The maximum absolute atomic E-state index is 12.5. The summed E-state index contributed by atoms with van der Waals surface area (Å²) in [4.78, 5) is 14.3. The maximum atomic E-state index is 12.5. The Morgan fingerprint density at radius 1 is 1.18 bits per heavy atom. The van der Waals surface area contributed by atoms with E-state index in [1.807, 2.05) is 41.3 Å². The van der Waals surface area contributed by atoms with Crippen molar-refractivity contribution in [3.8, 4) is 5.75 Å². The number of phenolic OH excluding ortho intramolecular Hbond substituents is 1. The van der Waals surface area contributed by atoms with Gasteiger partial charge in [0.2, 0.25) is 5.91 Å². The highest BCUT2D eigenvalue weighted by Gasteiger charge is 2.22. The number of amides is 1. The fraction of sp³-hybridized carbons (Fsp3) is 0.278. The summed E-state index contributed by atoms with van der Waals surface area (Å²) >= 11 is 0. The van der Waals surface area contributed by atoms with E-state index in [0.717, 1.165) is 23.1 Å². The van der Waals surface area contributed by atoms with Gasteiger partial charge in [0.15, 0.2) is 0 Å². The van der Waals surface area contributed by atoms with Crippen LogP contribution in [0.1, 0.15) is 29.2 Å². The second-order valence-electron chi connectivity index (χ2n) is 5.74. The molecule has 0 spiro atoms. The number of hydrogen-bond acceptors (Lipinski definition) is 3. The molecule has 4 nitrogen and oxygen atoms in total. The molecule has 0 saturated carbocycles. The Kier molecular flexibility index (Phi) is 4.11. The molecule has 0 bridgehead atoms. The second-order valence-corrected chi connectivity index (χ2v) is 5.74. The summed E-state index contributed by atoms with van der Waals surface area (Å²) in [7, 11) is 0. The van der Waals surface area contributed by atoms with Gasteiger partial charge in [0, 0.05) is 25.6 Å². The molecule has 1 amide bonds. The van der Waals surface area contributed by atoms with Crippen LogP contribution >= 0.6 is 0 Å². The molecular formula is C18H20N2O2. The first-order chi connectivity index (χ1) is 10.6. The third-order valence-electron chi connectivity index (χ3n) is 4.18. The molecule has 0 aliphatic carbocycles. The summed E-state index contributed by atoms with van der Waals surface area (Å²) < 4.78 is 0.